The van der Waals surface area contributed by atoms with Gasteiger partial charge in [-0.05, 0) is 30.7 Å². The highest BCUT2D eigenvalue weighted by Crippen LogP contribution is 2.25. The maximum Gasteiger partial charge on any atom is 0.161 e. The summed E-state index contributed by atoms with van der Waals surface area (Å²) in [5.41, 5.74) is 9.61. The van der Waals surface area contributed by atoms with Gasteiger partial charge < -0.3 is 15.6 Å². The molecule has 0 atom stereocenters. The van der Waals surface area contributed by atoms with Crippen molar-refractivity contribution in [2.75, 3.05) is 17.2 Å². The lowest BCUT2D eigenvalue weighted by Crippen LogP contribution is -2.19. The molecule has 0 amide bonds. The van der Waals surface area contributed by atoms with Gasteiger partial charge in [0.2, 0.25) is 0 Å². The van der Waals surface area contributed by atoms with E-state index in [0.29, 0.717) is 17.3 Å². The minimum absolute atomic E-state index is 0.362. The number of allylic oxidation sites excluding steroid dienone is 2. The van der Waals surface area contributed by atoms with Crippen molar-refractivity contribution in [1.29, 1.82) is 0 Å². The Labute approximate surface area is 133 Å². The Morgan fingerprint density at radius 3 is 2.96 bits per heavy atom. The molecule has 3 N–H and O–H groups in total. The lowest BCUT2D eigenvalue weighted by molar-refractivity contribution is 1.01. The number of nitrogens with two attached hydrogens (primary N) is 1. The Kier molecular flexibility index (Phi) is 3.08. The summed E-state index contributed by atoms with van der Waals surface area (Å²) >= 11 is 0. The minimum Gasteiger partial charge on any atom is -0.382 e. The number of hydrogen-bond donors (Lipinski definition) is 2. The van der Waals surface area contributed by atoms with Crippen LogP contribution in [-0.4, -0.2) is 26.5 Å². The van der Waals surface area contributed by atoms with Gasteiger partial charge in [0.15, 0.2) is 23.2 Å². The Hall–Kier alpha value is -3.15. The summed E-state index contributed by atoms with van der Waals surface area (Å²) in [4.78, 5) is 18.8. The van der Waals surface area contributed by atoms with Gasteiger partial charge in [0.05, 0.1) is 17.2 Å². The number of fused-ring (bicyclic) bond motifs is 1. The number of nitrogen functional groups attached to an aromatic ring is 1. The second-order valence-electron chi connectivity index (χ2n) is 5.49. The zero-order valence-electron chi connectivity index (χ0n) is 12.7. The monoisotopic (exact) mass is 304 g/mol. The van der Waals surface area contributed by atoms with Crippen molar-refractivity contribution in [2.45, 2.75) is 6.92 Å². The van der Waals surface area contributed by atoms with E-state index in [2.05, 4.69) is 32.1 Å². The molecule has 0 radical (unpaired) electrons. The van der Waals surface area contributed by atoms with E-state index >= 15 is 0 Å². The molecule has 23 heavy (non-hydrogen) atoms. The SMILES string of the molecule is Cc1ccc2nc(-c3nc(N4C=CC=CC4)cnc3N)[nH]c2c1. The van der Waals surface area contributed by atoms with Gasteiger partial charge in [-0.15, -0.1) is 0 Å². The van der Waals surface area contributed by atoms with Gasteiger partial charge in [-0.25, -0.2) is 15.0 Å². The molecule has 3 heterocycles. The molecule has 4 rings (SSSR count). The van der Waals surface area contributed by atoms with Crippen molar-refractivity contribution in [2.24, 2.45) is 0 Å². The predicted molar refractivity (Wildman–Crippen MR) is 91.9 cm³/mol. The van der Waals surface area contributed by atoms with Crippen LogP contribution in [0, 0.1) is 6.92 Å². The maximum atomic E-state index is 6.02. The molecule has 0 unspecified atom stereocenters. The van der Waals surface area contributed by atoms with E-state index < -0.39 is 0 Å². The first-order valence-corrected chi connectivity index (χ1v) is 7.40. The summed E-state index contributed by atoms with van der Waals surface area (Å²) in [6.45, 7) is 2.80. The number of anilines is 2. The van der Waals surface area contributed by atoms with Crippen molar-refractivity contribution in [3.05, 3.63) is 54.4 Å². The first-order chi connectivity index (χ1) is 11.2. The third-order valence-electron chi connectivity index (χ3n) is 3.76. The number of nitrogens with one attached hydrogen (secondary N) is 1. The summed E-state index contributed by atoms with van der Waals surface area (Å²) in [6.07, 6.45) is 9.66. The third-order valence-corrected chi connectivity index (χ3v) is 3.76. The zero-order valence-corrected chi connectivity index (χ0v) is 12.7. The van der Waals surface area contributed by atoms with Crippen molar-refractivity contribution < 1.29 is 0 Å². The predicted octanol–water partition coefficient (Wildman–Crippen LogP) is 2.80. The van der Waals surface area contributed by atoms with Crippen LogP contribution in [0.5, 0.6) is 0 Å². The number of hydrogen-bond acceptors (Lipinski definition) is 5. The Balaban J connectivity index is 1.80. The number of benzene rings is 1. The van der Waals surface area contributed by atoms with Crippen molar-refractivity contribution in [3.8, 4) is 11.5 Å². The van der Waals surface area contributed by atoms with Gasteiger partial charge in [-0.3, -0.25) is 0 Å². The van der Waals surface area contributed by atoms with Crippen LogP contribution < -0.4 is 10.6 Å². The first kappa shape index (κ1) is 13.5. The van der Waals surface area contributed by atoms with E-state index in [9.17, 15) is 0 Å². The van der Waals surface area contributed by atoms with E-state index in [1.54, 1.807) is 6.20 Å². The molecule has 114 valence electrons. The number of imidazole rings is 1. The number of aromatic amines is 1. The molecule has 0 saturated heterocycles. The van der Waals surface area contributed by atoms with Crippen LogP contribution in [0.15, 0.2) is 48.8 Å². The highest BCUT2D eigenvalue weighted by molar-refractivity contribution is 5.81. The molecule has 1 aliphatic rings. The molecular weight excluding hydrogens is 288 g/mol. The Morgan fingerprint density at radius 1 is 1.22 bits per heavy atom. The van der Waals surface area contributed by atoms with E-state index in [0.717, 1.165) is 23.4 Å². The maximum absolute atomic E-state index is 6.02. The molecule has 3 aromatic rings. The molecule has 1 aromatic carbocycles. The molecule has 0 bridgehead atoms. The van der Waals surface area contributed by atoms with Crippen LogP contribution in [0.25, 0.3) is 22.6 Å². The van der Waals surface area contributed by atoms with E-state index in [-0.39, 0.29) is 0 Å². The van der Waals surface area contributed by atoms with Crippen LogP contribution in [-0.2, 0) is 0 Å². The van der Waals surface area contributed by atoms with Crippen LogP contribution in [0.2, 0.25) is 0 Å². The average molecular weight is 304 g/mol. The first-order valence-electron chi connectivity index (χ1n) is 7.40. The molecule has 0 aliphatic carbocycles. The van der Waals surface area contributed by atoms with E-state index in [4.69, 9.17) is 5.73 Å². The fourth-order valence-electron chi connectivity index (χ4n) is 2.57. The summed E-state index contributed by atoms with van der Waals surface area (Å²) < 4.78 is 0. The highest BCUT2D eigenvalue weighted by Gasteiger charge is 2.14. The minimum atomic E-state index is 0.362. The molecule has 6 nitrogen and oxygen atoms in total. The number of aryl methyl sites for hydroxylation is 1. The van der Waals surface area contributed by atoms with Gasteiger partial charge in [-0.1, -0.05) is 18.2 Å². The largest absolute Gasteiger partial charge is 0.382 e. The molecule has 2 aromatic heterocycles. The second kappa shape index (κ2) is 5.24. The molecule has 6 heteroatoms. The summed E-state index contributed by atoms with van der Waals surface area (Å²) in [6, 6.07) is 6.07. The fourth-order valence-corrected chi connectivity index (χ4v) is 2.57. The van der Waals surface area contributed by atoms with Crippen molar-refractivity contribution >= 4 is 22.7 Å². The third kappa shape index (κ3) is 2.44. The quantitative estimate of drug-likeness (QED) is 0.760. The van der Waals surface area contributed by atoms with Crippen LogP contribution in [0.1, 0.15) is 5.56 Å². The van der Waals surface area contributed by atoms with Gasteiger partial charge in [0.1, 0.15) is 0 Å². The van der Waals surface area contributed by atoms with Gasteiger partial charge in [0, 0.05) is 12.7 Å². The average Bonchev–Trinajstić information content (AvgIpc) is 2.99. The molecule has 1 aliphatic heterocycles. The highest BCUT2D eigenvalue weighted by atomic mass is 15.2. The van der Waals surface area contributed by atoms with Crippen molar-refractivity contribution in [3.63, 3.8) is 0 Å². The molecule has 0 spiro atoms. The second-order valence-corrected chi connectivity index (χ2v) is 5.49. The lowest BCUT2D eigenvalue weighted by atomic mass is 10.2. The normalized spacial score (nSPS) is 13.9. The zero-order chi connectivity index (χ0) is 15.8. The Bertz CT molecular complexity index is 937. The van der Waals surface area contributed by atoms with Gasteiger partial charge in [0.25, 0.3) is 0 Å². The number of rotatable bonds is 2. The Morgan fingerprint density at radius 2 is 2.13 bits per heavy atom. The number of aromatic nitrogens is 4. The summed E-state index contributed by atoms with van der Waals surface area (Å²) in [5, 5.41) is 0. The molecular formula is C17H16N6. The van der Waals surface area contributed by atoms with Crippen molar-refractivity contribution in [1.82, 2.24) is 19.9 Å². The van der Waals surface area contributed by atoms with Crippen LogP contribution in [0.3, 0.4) is 0 Å². The fraction of sp³-hybridized carbons (Fsp3) is 0.118. The van der Waals surface area contributed by atoms with Crippen LogP contribution >= 0.6 is 0 Å². The van der Waals surface area contributed by atoms with E-state index in [1.807, 2.05) is 42.3 Å². The smallest absolute Gasteiger partial charge is 0.161 e. The van der Waals surface area contributed by atoms with Gasteiger partial charge >= 0.3 is 0 Å². The van der Waals surface area contributed by atoms with Crippen LogP contribution in [0.4, 0.5) is 11.6 Å². The lowest BCUT2D eigenvalue weighted by Gasteiger charge is -2.19. The van der Waals surface area contributed by atoms with E-state index in [1.165, 1.54) is 5.56 Å². The van der Waals surface area contributed by atoms with Gasteiger partial charge in [-0.2, -0.15) is 0 Å². The molecule has 0 fully saturated rings. The standard InChI is InChI=1S/C17H16N6/c1-11-5-6-12-13(9-11)21-17(20-12)15-16(18)19-10-14(22-15)23-7-3-2-4-8-23/h2-7,9-10H,8H2,1H3,(H2,18,19)(H,20,21). The topological polar surface area (TPSA) is 83.7 Å². The summed E-state index contributed by atoms with van der Waals surface area (Å²) in [5.74, 6) is 1.74. The number of H-pyrrole nitrogens is 1. The number of nitrogens with zero attached hydrogens (tertiary/aromatic N) is 4. The summed E-state index contributed by atoms with van der Waals surface area (Å²) in [7, 11) is 0. The molecule has 0 saturated carbocycles.